The Balaban J connectivity index is 1.72. The summed E-state index contributed by atoms with van der Waals surface area (Å²) in [5.74, 6) is 0.760. The van der Waals surface area contributed by atoms with E-state index < -0.39 is 0 Å². The van der Waals surface area contributed by atoms with Gasteiger partial charge in [-0.15, -0.1) is 0 Å². The average Bonchev–Trinajstić information content (AvgIpc) is 2.55. The minimum atomic E-state index is 0.378. The molecule has 0 aliphatic carbocycles. The van der Waals surface area contributed by atoms with E-state index in [1.54, 1.807) is 6.20 Å². The summed E-state index contributed by atoms with van der Waals surface area (Å²) < 4.78 is 5.93. The third-order valence-corrected chi connectivity index (χ3v) is 3.70. The highest BCUT2D eigenvalue weighted by Gasteiger charge is 2.19. The largest absolute Gasteiger partial charge is 0.473 e. The van der Waals surface area contributed by atoms with Gasteiger partial charge in [-0.2, -0.15) is 0 Å². The second kappa shape index (κ2) is 6.53. The predicted octanol–water partition coefficient (Wildman–Crippen LogP) is 3.48. The fourth-order valence-corrected chi connectivity index (χ4v) is 2.63. The molecule has 1 aliphatic heterocycles. The summed E-state index contributed by atoms with van der Waals surface area (Å²) >= 11 is 0. The number of aromatic nitrogens is 1. The summed E-state index contributed by atoms with van der Waals surface area (Å²) in [7, 11) is 0. The van der Waals surface area contributed by atoms with Crippen molar-refractivity contribution in [2.45, 2.75) is 31.9 Å². The summed E-state index contributed by atoms with van der Waals surface area (Å²) in [4.78, 5) is 4.41. The maximum absolute atomic E-state index is 5.93. The monoisotopic (exact) mass is 268 g/mol. The minimum absolute atomic E-state index is 0.378. The van der Waals surface area contributed by atoms with Crippen molar-refractivity contribution in [3.8, 4) is 5.88 Å². The van der Waals surface area contributed by atoms with Crippen LogP contribution in [0.25, 0.3) is 0 Å². The average molecular weight is 268 g/mol. The summed E-state index contributed by atoms with van der Waals surface area (Å²) in [6, 6.07) is 14.7. The molecule has 3 rings (SSSR count). The van der Waals surface area contributed by atoms with Crippen LogP contribution in [0.15, 0.2) is 48.7 Å². The molecule has 1 N–H and O–H groups in total. The molecule has 1 atom stereocenters. The standard InChI is InChI=1S/C17H20N2O/c1-2-7-14(8-3-1)13-20-17-15(9-6-12-19-17)16-10-4-5-11-18-16/h1-3,6-9,12,16,18H,4-5,10-11,13H2/t16-/m1/s1. The molecule has 1 aliphatic rings. The van der Waals surface area contributed by atoms with E-state index in [4.69, 9.17) is 4.74 Å². The number of ether oxygens (including phenoxy) is 1. The molecule has 2 aromatic rings. The van der Waals surface area contributed by atoms with Crippen LogP contribution in [0.4, 0.5) is 0 Å². The van der Waals surface area contributed by atoms with Crippen LogP contribution < -0.4 is 10.1 Å². The van der Waals surface area contributed by atoms with Crippen molar-refractivity contribution < 1.29 is 4.74 Å². The normalized spacial score (nSPS) is 18.7. The van der Waals surface area contributed by atoms with Crippen LogP contribution in [0.5, 0.6) is 5.88 Å². The molecule has 1 aromatic carbocycles. The summed E-state index contributed by atoms with van der Waals surface area (Å²) in [6.45, 7) is 1.65. The van der Waals surface area contributed by atoms with Gasteiger partial charge in [0, 0.05) is 17.8 Å². The van der Waals surface area contributed by atoms with Gasteiger partial charge >= 0.3 is 0 Å². The quantitative estimate of drug-likeness (QED) is 0.922. The SMILES string of the molecule is c1ccc(COc2ncccc2[C@H]2CCCCN2)cc1. The van der Waals surface area contributed by atoms with Crippen molar-refractivity contribution >= 4 is 0 Å². The molecule has 0 radical (unpaired) electrons. The maximum atomic E-state index is 5.93. The molecular weight excluding hydrogens is 248 g/mol. The molecule has 0 spiro atoms. The molecule has 1 saturated heterocycles. The number of nitrogens with one attached hydrogen (secondary N) is 1. The molecule has 0 amide bonds. The highest BCUT2D eigenvalue weighted by Crippen LogP contribution is 2.29. The lowest BCUT2D eigenvalue weighted by molar-refractivity contribution is 0.282. The van der Waals surface area contributed by atoms with Gasteiger partial charge in [-0.25, -0.2) is 4.98 Å². The Kier molecular flexibility index (Phi) is 4.28. The zero-order valence-corrected chi connectivity index (χ0v) is 11.6. The Morgan fingerprint density at radius 1 is 1.10 bits per heavy atom. The first-order valence-corrected chi connectivity index (χ1v) is 7.28. The van der Waals surface area contributed by atoms with Gasteiger partial charge in [0.2, 0.25) is 5.88 Å². The van der Waals surface area contributed by atoms with Crippen LogP contribution in [0.2, 0.25) is 0 Å². The molecular formula is C17H20N2O. The highest BCUT2D eigenvalue weighted by molar-refractivity contribution is 5.29. The van der Waals surface area contributed by atoms with Gasteiger partial charge in [-0.3, -0.25) is 0 Å². The fourth-order valence-electron chi connectivity index (χ4n) is 2.63. The lowest BCUT2D eigenvalue weighted by Crippen LogP contribution is -2.27. The molecule has 3 nitrogen and oxygen atoms in total. The van der Waals surface area contributed by atoms with E-state index in [1.807, 2.05) is 24.3 Å². The summed E-state index contributed by atoms with van der Waals surface area (Å²) in [5.41, 5.74) is 2.35. The van der Waals surface area contributed by atoms with Crippen LogP contribution in [-0.2, 0) is 6.61 Å². The Bertz CT molecular complexity index is 536. The second-order valence-electron chi connectivity index (χ2n) is 5.17. The van der Waals surface area contributed by atoms with E-state index in [-0.39, 0.29) is 0 Å². The van der Waals surface area contributed by atoms with E-state index in [2.05, 4.69) is 28.5 Å². The van der Waals surface area contributed by atoms with Crippen LogP contribution >= 0.6 is 0 Å². The first-order chi connectivity index (χ1) is 9.93. The van der Waals surface area contributed by atoms with Gasteiger partial charge in [0.05, 0.1) is 0 Å². The lowest BCUT2D eigenvalue weighted by Gasteiger charge is -2.25. The number of benzene rings is 1. The molecule has 0 unspecified atom stereocenters. The van der Waals surface area contributed by atoms with Crippen molar-refractivity contribution in [2.24, 2.45) is 0 Å². The van der Waals surface area contributed by atoms with Crippen molar-refractivity contribution in [1.29, 1.82) is 0 Å². The topological polar surface area (TPSA) is 34.1 Å². The lowest BCUT2D eigenvalue weighted by atomic mass is 9.98. The number of nitrogens with zero attached hydrogens (tertiary/aromatic N) is 1. The van der Waals surface area contributed by atoms with E-state index in [0.717, 1.165) is 18.8 Å². The maximum Gasteiger partial charge on any atom is 0.218 e. The van der Waals surface area contributed by atoms with Gasteiger partial charge in [0.25, 0.3) is 0 Å². The zero-order valence-electron chi connectivity index (χ0n) is 11.6. The van der Waals surface area contributed by atoms with E-state index in [9.17, 15) is 0 Å². The Labute approximate surface area is 120 Å². The zero-order chi connectivity index (χ0) is 13.6. The Morgan fingerprint density at radius 3 is 2.80 bits per heavy atom. The Hall–Kier alpha value is -1.87. The third kappa shape index (κ3) is 3.17. The van der Waals surface area contributed by atoms with Crippen molar-refractivity contribution in [1.82, 2.24) is 10.3 Å². The minimum Gasteiger partial charge on any atom is -0.473 e. The number of hydrogen-bond acceptors (Lipinski definition) is 3. The smallest absolute Gasteiger partial charge is 0.218 e. The van der Waals surface area contributed by atoms with Crippen LogP contribution in [0.1, 0.15) is 36.4 Å². The molecule has 3 heteroatoms. The predicted molar refractivity (Wildman–Crippen MR) is 79.6 cm³/mol. The number of pyridine rings is 1. The molecule has 0 bridgehead atoms. The van der Waals surface area contributed by atoms with Gasteiger partial charge < -0.3 is 10.1 Å². The number of piperidine rings is 1. The molecule has 0 saturated carbocycles. The highest BCUT2D eigenvalue weighted by atomic mass is 16.5. The van der Waals surface area contributed by atoms with Crippen LogP contribution in [0.3, 0.4) is 0 Å². The van der Waals surface area contributed by atoms with Gasteiger partial charge in [0.15, 0.2) is 0 Å². The molecule has 1 fully saturated rings. The molecule has 104 valence electrons. The van der Waals surface area contributed by atoms with Crippen molar-refractivity contribution in [3.63, 3.8) is 0 Å². The van der Waals surface area contributed by atoms with E-state index in [1.165, 1.54) is 24.0 Å². The number of rotatable bonds is 4. The summed E-state index contributed by atoms with van der Waals surface area (Å²) in [6.07, 6.45) is 5.49. The van der Waals surface area contributed by atoms with Crippen LogP contribution in [-0.4, -0.2) is 11.5 Å². The van der Waals surface area contributed by atoms with Crippen molar-refractivity contribution in [2.75, 3.05) is 6.54 Å². The van der Waals surface area contributed by atoms with Gasteiger partial charge in [-0.1, -0.05) is 42.8 Å². The van der Waals surface area contributed by atoms with Gasteiger partial charge in [-0.05, 0) is 31.0 Å². The number of hydrogen-bond donors (Lipinski definition) is 1. The second-order valence-corrected chi connectivity index (χ2v) is 5.17. The molecule has 1 aromatic heterocycles. The fraction of sp³-hybridized carbons (Fsp3) is 0.353. The first-order valence-electron chi connectivity index (χ1n) is 7.28. The van der Waals surface area contributed by atoms with E-state index >= 15 is 0 Å². The summed E-state index contributed by atoms with van der Waals surface area (Å²) in [5, 5.41) is 3.55. The van der Waals surface area contributed by atoms with Gasteiger partial charge in [0.1, 0.15) is 6.61 Å². The molecule has 2 heterocycles. The van der Waals surface area contributed by atoms with Crippen LogP contribution in [0, 0.1) is 0 Å². The van der Waals surface area contributed by atoms with Crippen molar-refractivity contribution in [3.05, 3.63) is 59.8 Å². The first kappa shape index (κ1) is 13.1. The Morgan fingerprint density at radius 2 is 2.00 bits per heavy atom. The van der Waals surface area contributed by atoms with E-state index in [0.29, 0.717) is 12.6 Å². The molecule has 20 heavy (non-hydrogen) atoms. The third-order valence-electron chi connectivity index (χ3n) is 3.70.